The van der Waals surface area contributed by atoms with Gasteiger partial charge in [0.15, 0.2) is 0 Å². The summed E-state index contributed by atoms with van der Waals surface area (Å²) < 4.78 is 5.25. The Balaban J connectivity index is 3.75. The number of unbranched alkanes of at least 4 members (excludes halogenated alkanes) is 2. The first kappa shape index (κ1) is 14.9. The summed E-state index contributed by atoms with van der Waals surface area (Å²) >= 11 is 0. The van der Waals surface area contributed by atoms with E-state index in [2.05, 4.69) is 31.1 Å². The molecule has 0 saturated heterocycles. The van der Waals surface area contributed by atoms with Crippen molar-refractivity contribution in [2.75, 3.05) is 40.4 Å². The van der Waals surface area contributed by atoms with Gasteiger partial charge in [0.25, 0.3) is 0 Å². The van der Waals surface area contributed by atoms with Crippen LogP contribution in [0.2, 0.25) is 0 Å². The van der Waals surface area contributed by atoms with Gasteiger partial charge in [-0.15, -0.1) is 0 Å². The maximum absolute atomic E-state index is 5.25. The van der Waals surface area contributed by atoms with Gasteiger partial charge in [-0.3, -0.25) is 4.90 Å². The van der Waals surface area contributed by atoms with Gasteiger partial charge in [-0.25, -0.2) is 0 Å². The number of likely N-dealkylation sites (N-methyl/N-ethyl adjacent to an activating group) is 2. The molecule has 0 saturated carbocycles. The monoisotopic (exact) mass is 216 g/mol. The molecule has 0 aromatic rings. The molecule has 0 aliphatic heterocycles. The van der Waals surface area contributed by atoms with Crippen molar-refractivity contribution in [1.29, 1.82) is 0 Å². The smallest absolute Gasteiger partial charge is 0.0630 e. The van der Waals surface area contributed by atoms with Gasteiger partial charge in [-0.2, -0.15) is 0 Å². The van der Waals surface area contributed by atoms with Gasteiger partial charge < -0.3 is 10.1 Å². The van der Waals surface area contributed by atoms with Gasteiger partial charge in [-0.1, -0.05) is 26.7 Å². The number of nitrogens with one attached hydrogen (secondary N) is 1. The van der Waals surface area contributed by atoms with Gasteiger partial charge in [0.1, 0.15) is 0 Å². The van der Waals surface area contributed by atoms with E-state index in [1.54, 1.807) is 7.11 Å². The highest BCUT2D eigenvalue weighted by Crippen LogP contribution is 2.01. The second-order valence-electron chi connectivity index (χ2n) is 4.10. The Hall–Kier alpha value is -0.120. The van der Waals surface area contributed by atoms with Crippen molar-refractivity contribution >= 4 is 0 Å². The summed E-state index contributed by atoms with van der Waals surface area (Å²) in [7, 11) is 3.97. The third-order valence-corrected chi connectivity index (χ3v) is 2.73. The highest BCUT2D eigenvalue weighted by molar-refractivity contribution is 4.70. The Morgan fingerprint density at radius 2 is 2.00 bits per heavy atom. The van der Waals surface area contributed by atoms with E-state index in [0.29, 0.717) is 6.04 Å². The summed E-state index contributed by atoms with van der Waals surface area (Å²) in [5.74, 6) is 0. The first-order valence-corrected chi connectivity index (χ1v) is 6.16. The lowest BCUT2D eigenvalue weighted by molar-refractivity contribution is 0.104. The minimum absolute atomic E-state index is 0.506. The molecule has 0 bridgehead atoms. The van der Waals surface area contributed by atoms with Gasteiger partial charge in [0.05, 0.1) is 6.61 Å². The molecular weight excluding hydrogens is 188 g/mol. The molecule has 0 aliphatic carbocycles. The van der Waals surface area contributed by atoms with Crippen molar-refractivity contribution in [2.24, 2.45) is 0 Å². The fourth-order valence-corrected chi connectivity index (χ4v) is 1.64. The number of hydrogen-bond donors (Lipinski definition) is 1. The third-order valence-electron chi connectivity index (χ3n) is 2.73. The van der Waals surface area contributed by atoms with E-state index in [9.17, 15) is 0 Å². The van der Waals surface area contributed by atoms with E-state index in [1.165, 1.54) is 25.8 Å². The molecular formula is C12H28N2O. The first-order valence-electron chi connectivity index (χ1n) is 6.16. The number of methoxy groups -OCH3 is 1. The van der Waals surface area contributed by atoms with E-state index in [1.807, 2.05) is 0 Å². The molecule has 15 heavy (non-hydrogen) atoms. The summed E-state index contributed by atoms with van der Waals surface area (Å²) in [6.45, 7) is 8.42. The van der Waals surface area contributed by atoms with Crippen molar-refractivity contribution in [2.45, 2.75) is 39.2 Å². The lowest BCUT2D eigenvalue weighted by Gasteiger charge is -2.27. The van der Waals surface area contributed by atoms with E-state index in [-0.39, 0.29) is 0 Å². The van der Waals surface area contributed by atoms with E-state index in [4.69, 9.17) is 4.74 Å². The van der Waals surface area contributed by atoms with Crippen LogP contribution in [-0.4, -0.2) is 51.3 Å². The fraction of sp³-hybridized carbons (Fsp3) is 1.00. The van der Waals surface area contributed by atoms with Crippen LogP contribution in [0.15, 0.2) is 0 Å². The normalized spacial score (nSPS) is 13.4. The standard InChI is InChI=1S/C12H28N2O/c1-5-7-8-9-14(3)12(11-15-4)10-13-6-2/h12-13H,5-11H2,1-4H3. The van der Waals surface area contributed by atoms with Crippen LogP contribution in [-0.2, 0) is 4.74 Å². The summed E-state index contributed by atoms with van der Waals surface area (Å²) in [4.78, 5) is 2.40. The molecule has 0 rings (SSSR count). The van der Waals surface area contributed by atoms with Crippen molar-refractivity contribution in [3.05, 3.63) is 0 Å². The lowest BCUT2D eigenvalue weighted by atomic mass is 10.2. The average Bonchev–Trinajstić information content (AvgIpc) is 2.24. The lowest BCUT2D eigenvalue weighted by Crippen LogP contribution is -2.43. The Bertz CT molecular complexity index is 131. The van der Waals surface area contributed by atoms with Gasteiger partial charge in [0.2, 0.25) is 0 Å². The molecule has 3 heteroatoms. The molecule has 1 N–H and O–H groups in total. The van der Waals surface area contributed by atoms with Gasteiger partial charge in [-0.05, 0) is 26.6 Å². The number of ether oxygens (including phenoxy) is 1. The van der Waals surface area contributed by atoms with Crippen LogP contribution in [0.5, 0.6) is 0 Å². The van der Waals surface area contributed by atoms with Gasteiger partial charge in [0, 0.05) is 19.7 Å². The van der Waals surface area contributed by atoms with E-state index < -0.39 is 0 Å². The second-order valence-corrected chi connectivity index (χ2v) is 4.10. The topological polar surface area (TPSA) is 24.5 Å². The third kappa shape index (κ3) is 7.77. The second kappa shape index (κ2) is 10.4. The summed E-state index contributed by atoms with van der Waals surface area (Å²) in [6, 6.07) is 0.506. The Labute approximate surface area is 95.2 Å². The highest BCUT2D eigenvalue weighted by Gasteiger charge is 2.12. The van der Waals surface area contributed by atoms with E-state index >= 15 is 0 Å². The van der Waals surface area contributed by atoms with Crippen LogP contribution in [0.3, 0.4) is 0 Å². The van der Waals surface area contributed by atoms with Crippen LogP contribution >= 0.6 is 0 Å². The Morgan fingerprint density at radius 3 is 2.53 bits per heavy atom. The molecule has 3 nitrogen and oxygen atoms in total. The predicted molar refractivity (Wildman–Crippen MR) is 66.4 cm³/mol. The molecule has 1 unspecified atom stereocenters. The quantitative estimate of drug-likeness (QED) is 0.563. The van der Waals surface area contributed by atoms with Crippen LogP contribution in [0.25, 0.3) is 0 Å². The molecule has 0 aromatic carbocycles. The minimum Gasteiger partial charge on any atom is -0.383 e. The van der Waals surface area contributed by atoms with Crippen molar-refractivity contribution < 1.29 is 4.74 Å². The molecule has 0 fully saturated rings. The highest BCUT2D eigenvalue weighted by atomic mass is 16.5. The largest absolute Gasteiger partial charge is 0.383 e. The molecule has 0 aliphatic rings. The maximum atomic E-state index is 5.25. The van der Waals surface area contributed by atoms with Crippen molar-refractivity contribution in [1.82, 2.24) is 10.2 Å². The van der Waals surface area contributed by atoms with Crippen LogP contribution < -0.4 is 5.32 Å². The molecule has 0 aromatic heterocycles. The van der Waals surface area contributed by atoms with Crippen molar-refractivity contribution in [3.8, 4) is 0 Å². The number of rotatable bonds is 10. The Morgan fingerprint density at radius 1 is 1.27 bits per heavy atom. The predicted octanol–water partition coefficient (Wildman–Crippen LogP) is 1.73. The van der Waals surface area contributed by atoms with Gasteiger partial charge >= 0.3 is 0 Å². The fourth-order valence-electron chi connectivity index (χ4n) is 1.64. The van der Waals surface area contributed by atoms with Crippen molar-refractivity contribution in [3.63, 3.8) is 0 Å². The molecule has 1 atom stereocenters. The molecule has 92 valence electrons. The summed E-state index contributed by atoms with van der Waals surface area (Å²) in [5, 5.41) is 3.38. The average molecular weight is 216 g/mol. The molecule has 0 spiro atoms. The van der Waals surface area contributed by atoms with E-state index in [0.717, 1.165) is 19.7 Å². The minimum atomic E-state index is 0.506. The molecule has 0 amide bonds. The SMILES string of the molecule is CCCCCN(C)C(CNCC)COC. The molecule has 0 radical (unpaired) electrons. The van der Waals surface area contributed by atoms with Crippen LogP contribution in [0, 0.1) is 0 Å². The summed E-state index contributed by atoms with van der Waals surface area (Å²) in [5.41, 5.74) is 0. The number of nitrogens with zero attached hydrogens (tertiary/aromatic N) is 1. The zero-order valence-electron chi connectivity index (χ0n) is 10.9. The first-order chi connectivity index (χ1) is 7.26. The zero-order chi connectivity index (χ0) is 11.5. The molecule has 0 heterocycles. The maximum Gasteiger partial charge on any atom is 0.0630 e. The zero-order valence-corrected chi connectivity index (χ0v) is 10.9. The summed E-state index contributed by atoms with van der Waals surface area (Å²) in [6.07, 6.45) is 3.90. The van der Waals surface area contributed by atoms with Crippen LogP contribution in [0.4, 0.5) is 0 Å². The Kier molecular flexibility index (Phi) is 10.3. The number of hydrogen-bond acceptors (Lipinski definition) is 3. The van der Waals surface area contributed by atoms with Crippen LogP contribution in [0.1, 0.15) is 33.1 Å².